The van der Waals surface area contributed by atoms with Crippen LogP contribution in [0.5, 0.6) is 5.75 Å². The fraction of sp³-hybridized carbons (Fsp3) is 0.308. The zero-order chi connectivity index (χ0) is 11.3. The normalized spacial score (nSPS) is 11.3. The second kappa shape index (κ2) is 5.35. The van der Waals surface area contributed by atoms with E-state index in [1.54, 1.807) is 7.11 Å². The maximum Gasteiger partial charge on any atom is 0.158 e. The van der Waals surface area contributed by atoms with Crippen molar-refractivity contribution >= 4 is 11.9 Å². The minimum atomic E-state index is 0.186. The summed E-state index contributed by atoms with van der Waals surface area (Å²) in [5.41, 5.74) is 1.82. The summed E-state index contributed by atoms with van der Waals surface area (Å²) in [4.78, 5) is 11.3. The first kappa shape index (κ1) is 11.5. The number of allylic oxidation sites excluding steroid dienone is 1. The smallest absolute Gasteiger partial charge is 0.158 e. The number of Topliss-reactive ketones (excluding diaryl/α,β-unsaturated/α-hetero) is 1. The van der Waals surface area contributed by atoms with Gasteiger partial charge in [-0.1, -0.05) is 19.1 Å². The van der Waals surface area contributed by atoms with Crippen LogP contribution in [0, 0.1) is 0 Å². The van der Waals surface area contributed by atoms with Gasteiger partial charge < -0.3 is 4.74 Å². The summed E-state index contributed by atoms with van der Waals surface area (Å²) < 4.78 is 5.06. The molecule has 1 rings (SSSR count). The summed E-state index contributed by atoms with van der Waals surface area (Å²) in [5.74, 6) is 1.01. The van der Waals surface area contributed by atoms with Gasteiger partial charge in [-0.05, 0) is 36.3 Å². The third kappa shape index (κ3) is 3.24. The lowest BCUT2D eigenvalue weighted by molar-refractivity contribution is -0.115. The van der Waals surface area contributed by atoms with E-state index >= 15 is 0 Å². The highest BCUT2D eigenvalue weighted by atomic mass is 16.5. The fourth-order valence-corrected chi connectivity index (χ4v) is 1.31. The first-order chi connectivity index (χ1) is 7.17. The van der Waals surface area contributed by atoms with Crippen molar-refractivity contribution in [3.8, 4) is 5.75 Å². The molecule has 80 valence electrons. The lowest BCUT2D eigenvalue weighted by Crippen LogP contribution is -1.95. The van der Waals surface area contributed by atoms with E-state index in [9.17, 15) is 4.79 Å². The van der Waals surface area contributed by atoms with Gasteiger partial charge in [-0.2, -0.15) is 0 Å². The van der Waals surface area contributed by atoms with Gasteiger partial charge in [0.1, 0.15) is 5.75 Å². The molecule has 0 aliphatic rings. The van der Waals surface area contributed by atoms with E-state index in [1.165, 1.54) is 0 Å². The number of carbonyl (C=O) groups excluding carboxylic acids is 1. The summed E-state index contributed by atoms with van der Waals surface area (Å²) >= 11 is 0. The Morgan fingerprint density at radius 1 is 1.33 bits per heavy atom. The van der Waals surface area contributed by atoms with Gasteiger partial charge >= 0.3 is 0 Å². The fourth-order valence-electron chi connectivity index (χ4n) is 1.31. The molecule has 0 unspecified atom stereocenters. The average molecular weight is 204 g/mol. The predicted molar refractivity (Wildman–Crippen MR) is 61.9 cm³/mol. The second-order valence-electron chi connectivity index (χ2n) is 3.38. The third-order valence-corrected chi connectivity index (χ3v) is 2.26. The predicted octanol–water partition coefficient (Wildman–Crippen LogP) is 3.08. The summed E-state index contributed by atoms with van der Waals surface area (Å²) in [6, 6.07) is 7.64. The zero-order valence-corrected chi connectivity index (χ0v) is 9.41. The van der Waals surface area contributed by atoms with Crippen molar-refractivity contribution in [1.29, 1.82) is 0 Å². The molecule has 0 saturated carbocycles. The van der Waals surface area contributed by atoms with Crippen LogP contribution in [-0.2, 0) is 4.79 Å². The number of ether oxygens (including phenoxy) is 1. The summed E-state index contributed by atoms with van der Waals surface area (Å²) in [6.45, 7) is 3.71. The number of rotatable bonds is 4. The molecule has 0 spiro atoms. The summed E-state index contributed by atoms with van der Waals surface area (Å²) in [7, 11) is 1.64. The Balaban J connectivity index is 2.84. The van der Waals surface area contributed by atoms with Crippen LogP contribution in [-0.4, -0.2) is 12.9 Å². The van der Waals surface area contributed by atoms with E-state index in [2.05, 4.69) is 0 Å². The number of benzene rings is 1. The van der Waals surface area contributed by atoms with E-state index < -0.39 is 0 Å². The number of methoxy groups -OCH3 is 1. The summed E-state index contributed by atoms with van der Waals surface area (Å²) in [6.07, 6.45) is 2.45. The van der Waals surface area contributed by atoms with Gasteiger partial charge in [0, 0.05) is 6.42 Å². The molecule has 2 heteroatoms. The molecule has 1 aromatic carbocycles. The van der Waals surface area contributed by atoms with Crippen molar-refractivity contribution in [3.05, 3.63) is 35.4 Å². The lowest BCUT2D eigenvalue weighted by Gasteiger charge is -2.01. The molecule has 0 amide bonds. The van der Waals surface area contributed by atoms with Crippen LogP contribution in [0.2, 0.25) is 0 Å². The van der Waals surface area contributed by atoms with Crippen molar-refractivity contribution in [2.75, 3.05) is 7.11 Å². The minimum absolute atomic E-state index is 0.186. The van der Waals surface area contributed by atoms with Gasteiger partial charge in [0.05, 0.1) is 7.11 Å². The van der Waals surface area contributed by atoms with Crippen LogP contribution >= 0.6 is 0 Å². The van der Waals surface area contributed by atoms with Crippen LogP contribution in [0.4, 0.5) is 0 Å². The molecular weight excluding hydrogens is 188 g/mol. The Bertz CT molecular complexity index is 361. The highest BCUT2D eigenvalue weighted by molar-refractivity contribution is 5.98. The van der Waals surface area contributed by atoms with Crippen LogP contribution in [0.3, 0.4) is 0 Å². The molecule has 15 heavy (non-hydrogen) atoms. The van der Waals surface area contributed by atoms with Gasteiger partial charge in [-0.15, -0.1) is 0 Å². The van der Waals surface area contributed by atoms with Crippen LogP contribution in [0.1, 0.15) is 25.8 Å². The quantitative estimate of drug-likeness (QED) is 0.704. The number of hydrogen-bond donors (Lipinski definition) is 0. The Hall–Kier alpha value is -1.57. The SMILES string of the molecule is CCC(=O)C(C)=Cc1ccc(OC)cc1. The maximum atomic E-state index is 11.3. The topological polar surface area (TPSA) is 26.3 Å². The highest BCUT2D eigenvalue weighted by Gasteiger charge is 2.00. The Kier molecular flexibility index (Phi) is 4.10. The van der Waals surface area contributed by atoms with Crippen molar-refractivity contribution in [2.24, 2.45) is 0 Å². The molecule has 0 atom stereocenters. The number of ketones is 1. The van der Waals surface area contributed by atoms with E-state index in [1.807, 2.05) is 44.2 Å². The molecule has 0 bridgehead atoms. The highest BCUT2D eigenvalue weighted by Crippen LogP contribution is 2.14. The van der Waals surface area contributed by atoms with E-state index in [0.717, 1.165) is 16.9 Å². The van der Waals surface area contributed by atoms with Crippen molar-refractivity contribution in [1.82, 2.24) is 0 Å². The first-order valence-electron chi connectivity index (χ1n) is 5.03. The molecule has 0 fully saturated rings. The molecule has 0 heterocycles. The molecule has 0 saturated heterocycles. The van der Waals surface area contributed by atoms with Crippen LogP contribution < -0.4 is 4.74 Å². The number of hydrogen-bond acceptors (Lipinski definition) is 2. The van der Waals surface area contributed by atoms with E-state index in [0.29, 0.717) is 6.42 Å². The third-order valence-electron chi connectivity index (χ3n) is 2.26. The minimum Gasteiger partial charge on any atom is -0.497 e. The standard InChI is InChI=1S/C13H16O2/c1-4-13(14)10(2)9-11-5-7-12(15-3)8-6-11/h5-9H,4H2,1-3H3. The van der Waals surface area contributed by atoms with Gasteiger partial charge in [0.2, 0.25) is 0 Å². The molecule has 2 nitrogen and oxygen atoms in total. The largest absolute Gasteiger partial charge is 0.497 e. The Morgan fingerprint density at radius 2 is 1.93 bits per heavy atom. The Morgan fingerprint density at radius 3 is 2.40 bits per heavy atom. The molecule has 0 aromatic heterocycles. The molecule has 0 aliphatic carbocycles. The van der Waals surface area contributed by atoms with Gasteiger partial charge in [0.15, 0.2) is 5.78 Å². The molecule has 0 radical (unpaired) electrons. The van der Waals surface area contributed by atoms with Gasteiger partial charge in [-0.25, -0.2) is 0 Å². The lowest BCUT2D eigenvalue weighted by atomic mass is 10.1. The average Bonchev–Trinajstić information content (AvgIpc) is 2.29. The maximum absolute atomic E-state index is 11.3. The molecule has 0 aliphatic heterocycles. The van der Waals surface area contributed by atoms with Crippen molar-refractivity contribution < 1.29 is 9.53 Å². The van der Waals surface area contributed by atoms with Gasteiger partial charge in [-0.3, -0.25) is 4.79 Å². The van der Waals surface area contributed by atoms with Crippen molar-refractivity contribution in [3.63, 3.8) is 0 Å². The Labute approximate surface area is 90.6 Å². The second-order valence-corrected chi connectivity index (χ2v) is 3.38. The zero-order valence-electron chi connectivity index (χ0n) is 9.41. The molecule has 0 N–H and O–H groups in total. The number of carbonyl (C=O) groups is 1. The molecule has 1 aromatic rings. The van der Waals surface area contributed by atoms with Gasteiger partial charge in [0.25, 0.3) is 0 Å². The van der Waals surface area contributed by atoms with E-state index in [-0.39, 0.29) is 5.78 Å². The van der Waals surface area contributed by atoms with Crippen molar-refractivity contribution in [2.45, 2.75) is 20.3 Å². The monoisotopic (exact) mass is 204 g/mol. The van der Waals surface area contributed by atoms with Crippen LogP contribution in [0.25, 0.3) is 6.08 Å². The summed E-state index contributed by atoms with van der Waals surface area (Å²) in [5, 5.41) is 0. The van der Waals surface area contributed by atoms with E-state index in [4.69, 9.17) is 4.74 Å². The first-order valence-corrected chi connectivity index (χ1v) is 5.03. The van der Waals surface area contributed by atoms with Crippen LogP contribution in [0.15, 0.2) is 29.8 Å². The molecular formula is C13H16O2.